The van der Waals surface area contributed by atoms with Crippen molar-refractivity contribution >= 4 is 6.03 Å². The Morgan fingerprint density at radius 3 is 2.36 bits per heavy atom. The lowest BCUT2D eigenvalue weighted by Crippen LogP contribution is -2.45. The highest BCUT2D eigenvalue weighted by atomic mass is 16.2. The molecule has 0 aromatic heterocycles. The van der Waals surface area contributed by atoms with Gasteiger partial charge in [-0.3, -0.25) is 0 Å². The highest BCUT2D eigenvalue weighted by Crippen LogP contribution is 2.28. The third-order valence-electron chi connectivity index (χ3n) is 3.50. The molecule has 0 heterocycles. The number of nitrogens with one attached hydrogen (secondary N) is 2. The first-order chi connectivity index (χ1) is 6.84. The van der Waals surface area contributed by atoms with Gasteiger partial charge in [-0.1, -0.05) is 19.3 Å². The Kier molecular flexibility index (Phi) is 3.27. The van der Waals surface area contributed by atoms with Gasteiger partial charge in [-0.05, 0) is 31.6 Å². The first kappa shape index (κ1) is 9.81. The third kappa shape index (κ3) is 2.63. The summed E-state index contributed by atoms with van der Waals surface area (Å²) in [6.07, 6.45) is 8.88. The van der Waals surface area contributed by atoms with Crippen LogP contribution in [0.4, 0.5) is 4.79 Å². The van der Waals surface area contributed by atoms with E-state index in [9.17, 15) is 4.79 Å². The van der Waals surface area contributed by atoms with Crippen LogP contribution < -0.4 is 10.6 Å². The number of carbonyl (C=O) groups is 1. The zero-order valence-electron chi connectivity index (χ0n) is 8.72. The highest BCUT2D eigenvalue weighted by molar-refractivity contribution is 5.74. The summed E-state index contributed by atoms with van der Waals surface area (Å²) >= 11 is 0. The number of amides is 2. The van der Waals surface area contributed by atoms with Gasteiger partial charge in [0.1, 0.15) is 0 Å². The molecule has 3 nitrogen and oxygen atoms in total. The van der Waals surface area contributed by atoms with Gasteiger partial charge in [-0.2, -0.15) is 0 Å². The molecule has 0 aliphatic heterocycles. The molecule has 2 saturated carbocycles. The maximum Gasteiger partial charge on any atom is 0.315 e. The molecule has 80 valence electrons. The fraction of sp³-hybridized carbons (Fsp3) is 0.909. The SMILES string of the molecule is O=C(NCCC1CCC1)NC1CCC1. The van der Waals surface area contributed by atoms with Crippen LogP contribution in [0.2, 0.25) is 0 Å². The fourth-order valence-corrected chi connectivity index (χ4v) is 1.96. The third-order valence-corrected chi connectivity index (χ3v) is 3.50. The lowest BCUT2D eigenvalue weighted by molar-refractivity contribution is 0.225. The zero-order valence-corrected chi connectivity index (χ0v) is 8.72. The zero-order chi connectivity index (χ0) is 9.80. The van der Waals surface area contributed by atoms with E-state index >= 15 is 0 Å². The van der Waals surface area contributed by atoms with E-state index in [-0.39, 0.29) is 6.03 Å². The van der Waals surface area contributed by atoms with Crippen molar-refractivity contribution in [2.75, 3.05) is 6.54 Å². The molecule has 2 aliphatic rings. The lowest BCUT2D eigenvalue weighted by atomic mass is 9.83. The van der Waals surface area contributed by atoms with E-state index in [1.54, 1.807) is 0 Å². The van der Waals surface area contributed by atoms with Gasteiger partial charge in [0.25, 0.3) is 0 Å². The smallest absolute Gasteiger partial charge is 0.315 e. The molecule has 2 fully saturated rings. The van der Waals surface area contributed by atoms with Crippen LogP contribution in [-0.4, -0.2) is 18.6 Å². The second-order valence-electron chi connectivity index (χ2n) is 4.61. The minimum atomic E-state index is 0.0361. The van der Waals surface area contributed by atoms with Crippen LogP contribution in [0.5, 0.6) is 0 Å². The molecule has 0 saturated heterocycles. The van der Waals surface area contributed by atoms with Crippen molar-refractivity contribution in [1.82, 2.24) is 10.6 Å². The maximum atomic E-state index is 11.3. The monoisotopic (exact) mass is 196 g/mol. The van der Waals surface area contributed by atoms with E-state index < -0.39 is 0 Å². The van der Waals surface area contributed by atoms with Gasteiger partial charge in [0.05, 0.1) is 0 Å². The van der Waals surface area contributed by atoms with Gasteiger partial charge in [-0.15, -0.1) is 0 Å². The first-order valence-electron chi connectivity index (χ1n) is 5.89. The van der Waals surface area contributed by atoms with E-state index in [0.29, 0.717) is 6.04 Å². The van der Waals surface area contributed by atoms with Crippen LogP contribution in [0, 0.1) is 5.92 Å². The number of carbonyl (C=O) groups excluding carboxylic acids is 1. The minimum absolute atomic E-state index is 0.0361. The molecule has 2 aliphatic carbocycles. The second-order valence-corrected chi connectivity index (χ2v) is 4.61. The fourth-order valence-electron chi connectivity index (χ4n) is 1.96. The average Bonchev–Trinajstić information content (AvgIpc) is 2.02. The Hall–Kier alpha value is -0.730. The molecule has 2 amide bonds. The second kappa shape index (κ2) is 4.67. The first-order valence-corrected chi connectivity index (χ1v) is 5.89. The van der Waals surface area contributed by atoms with Crippen molar-refractivity contribution in [2.24, 2.45) is 5.92 Å². The standard InChI is InChI=1S/C11H20N2O/c14-11(13-10-5-2-6-10)12-8-7-9-3-1-4-9/h9-10H,1-8H2,(H2,12,13,14). The minimum Gasteiger partial charge on any atom is -0.338 e. The van der Waals surface area contributed by atoms with Crippen LogP contribution in [0.1, 0.15) is 44.9 Å². The maximum absolute atomic E-state index is 11.3. The topological polar surface area (TPSA) is 41.1 Å². The van der Waals surface area contributed by atoms with Crippen LogP contribution in [-0.2, 0) is 0 Å². The van der Waals surface area contributed by atoms with Crippen molar-refractivity contribution in [2.45, 2.75) is 51.0 Å². The van der Waals surface area contributed by atoms with Crippen molar-refractivity contribution in [1.29, 1.82) is 0 Å². The van der Waals surface area contributed by atoms with Crippen LogP contribution in [0.25, 0.3) is 0 Å². The molecule has 14 heavy (non-hydrogen) atoms. The summed E-state index contributed by atoms with van der Waals surface area (Å²) in [6.45, 7) is 0.850. The largest absolute Gasteiger partial charge is 0.338 e. The average molecular weight is 196 g/mol. The molecule has 0 spiro atoms. The lowest BCUT2D eigenvalue weighted by Gasteiger charge is -2.27. The summed E-state index contributed by atoms with van der Waals surface area (Å²) in [6, 6.07) is 0.493. The molecule has 0 atom stereocenters. The van der Waals surface area contributed by atoms with Crippen molar-refractivity contribution in [3.05, 3.63) is 0 Å². The van der Waals surface area contributed by atoms with E-state index in [0.717, 1.165) is 31.7 Å². The Bertz CT molecular complexity index is 197. The molecule has 0 radical (unpaired) electrons. The Labute approximate surface area is 85.6 Å². The van der Waals surface area contributed by atoms with Gasteiger partial charge in [0.2, 0.25) is 0 Å². The van der Waals surface area contributed by atoms with E-state index in [1.165, 1.54) is 25.7 Å². The van der Waals surface area contributed by atoms with Gasteiger partial charge < -0.3 is 10.6 Å². The molecule has 0 bridgehead atoms. The Morgan fingerprint density at radius 2 is 1.86 bits per heavy atom. The van der Waals surface area contributed by atoms with E-state index in [1.807, 2.05) is 0 Å². The quantitative estimate of drug-likeness (QED) is 0.709. The number of urea groups is 1. The van der Waals surface area contributed by atoms with Gasteiger partial charge in [-0.25, -0.2) is 4.79 Å². The molecule has 2 rings (SSSR count). The molecular formula is C11H20N2O. The molecule has 2 N–H and O–H groups in total. The van der Waals surface area contributed by atoms with Crippen LogP contribution >= 0.6 is 0 Å². The Balaban J connectivity index is 1.48. The van der Waals surface area contributed by atoms with E-state index in [2.05, 4.69) is 10.6 Å². The Morgan fingerprint density at radius 1 is 1.14 bits per heavy atom. The molecule has 3 heteroatoms. The summed E-state index contributed by atoms with van der Waals surface area (Å²) in [4.78, 5) is 11.3. The van der Waals surface area contributed by atoms with Gasteiger partial charge in [0.15, 0.2) is 0 Å². The normalized spacial score (nSPS) is 22.3. The molecule has 0 aromatic carbocycles. The highest BCUT2D eigenvalue weighted by Gasteiger charge is 2.20. The number of hydrogen-bond acceptors (Lipinski definition) is 1. The summed E-state index contributed by atoms with van der Waals surface area (Å²) in [5, 5.41) is 5.91. The van der Waals surface area contributed by atoms with Crippen molar-refractivity contribution in [3.8, 4) is 0 Å². The molecule has 0 unspecified atom stereocenters. The molecular weight excluding hydrogens is 176 g/mol. The van der Waals surface area contributed by atoms with Crippen LogP contribution in [0.15, 0.2) is 0 Å². The van der Waals surface area contributed by atoms with Gasteiger partial charge in [0, 0.05) is 12.6 Å². The molecule has 0 aromatic rings. The number of hydrogen-bond donors (Lipinski definition) is 2. The van der Waals surface area contributed by atoms with Crippen LogP contribution in [0.3, 0.4) is 0 Å². The van der Waals surface area contributed by atoms with Crippen molar-refractivity contribution in [3.63, 3.8) is 0 Å². The predicted molar refractivity (Wildman–Crippen MR) is 56.1 cm³/mol. The van der Waals surface area contributed by atoms with E-state index in [4.69, 9.17) is 0 Å². The van der Waals surface area contributed by atoms with Gasteiger partial charge >= 0.3 is 6.03 Å². The summed E-state index contributed by atoms with van der Waals surface area (Å²) < 4.78 is 0. The predicted octanol–water partition coefficient (Wildman–Crippen LogP) is 2.03. The number of rotatable bonds is 4. The van der Waals surface area contributed by atoms with Crippen molar-refractivity contribution < 1.29 is 4.79 Å². The summed E-state index contributed by atoms with van der Waals surface area (Å²) in [5.41, 5.74) is 0. The summed E-state index contributed by atoms with van der Waals surface area (Å²) in [7, 11) is 0. The summed E-state index contributed by atoms with van der Waals surface area (Å²) in [5.74, 6) is 0.888.